The number of carboxylic acids is 1. The van der Waals surface area contributed by atoms with Crippen LogP contribution in [0.4, 0.5) is 4.79 Å². The number of carboxylic acid groups (broad SMARTS) is 1. The van der Waals surface area contributed by atoms with Gasteiger partial charge in [-0.3, -0.25) is 9.59 Å². The highest BCUT2D eigenvalue weighted by molar-refractivity contribution is 5.98. The van der Waals surface area contributed by atoms with Gasteiger partial charge < -0.3 is 24.8 Å². The van der Waals surface area contributed by atoms with Crippen LogP contribution in [0.2, 0.25) is 0 Å². The maximum absolute atomic E-state index is 13.8. The molecule has 0 bridgehead atoms. The topological polar surface area (TPSA) is 105 Å². The number of fused-ring (bicyclic) bond motifs is 1. The van der Waals surface area contributed by atoms with E-state index in [-0.39, 0.29) is 24.8 Å². The van der Waals surface area contributed by atoms with Gasteiger partial charge in [-0.25, -0.2) is 4.79 Å². The van der Waals surface area contributed by atoms with E-state index >= 15 is 0 Å². The number of rotatable bonds is 11. The van der Waals surface area contributed by atoms with Crippen LogP contribution in [0.3, 0.4) is 0 Å². The number of hydrogen-bond acceptors (Lipinski definition) is 5. The van der Waals surface area contributed by atoms with Crippen molar-refractivity contribution in [2.24, 2.45) is 11.8 Å². The monoisotopic (exact) mass is 490 g/mol. The van der Waals surface area contributed by atoms with Gasteiger partial charge in [0.15, 0.2) is 0 Å². The summed E-state index contributed by atoms with van der Waals surface area (Å²) in [5.74, 6) is -1.82. The molecule has 3 unspecified atom stereocenters. The minimum absolute atomic E-state index is 0.00309. The van der Waals surface area contributed by atoms with Crippen LogP contribution < -0.4 is 5.32 Å². The van der Waals surface area contributed by atoms with Gasteiger partial charge >= 0.3 is 12.1 Å². The molecule has 2 amide bonds. The Morgan fingerprint density at radius 2 is 1.86 bits per heavy atom. The number of ether oxygens (including phenoxy) is 2. The zero-order valence-corrected chi connectivity index (χ0v) is 22.2. The van der Waals surface area contributed by atoms with Crippen molar-refractivity contribution in [2.45, 2.75) is 85.0 Å². The summed E-state index contributed by atoms with van der Waals surface area (Å²) >= 11 is 0. The number of aliphatic carboxylic acids is 1. The van der Waals surface area contributed by atoms with Crippen molar-refractivity contribution in [1.82, 2.24) is 10.2 Å². The van der Waals surface area contributed by atoms with Gasteiger partial charge in [0.2, 0.25) is 0 Å². The minimum atomic E-state index is -1.11. The largest absolute Gasteiger partial charge is 0.481 e. The zero-order chi connectivity index (χ0) is 26.4. The summed E-state index contributed by atoms with van der Waals surface area (Å²) in [7, 11) is 0. The molecule has 2 rings (SSSR count). The normalized spacial score (nSPS) is 21.0. The molecule has 0 saturated heterocycles. The van der Waals surface area contributed by atoms with Crippen molar-refractivity contribution in [2.75, 3.05) is 19.7 Å². The molecule has 1 heterocycles. The second kappa shape index (κ2) is 11.9. The lowest BCUT2D eigenvalue weighted by atomic mass is 9.73. The Morgan fingerprint density at radius 3 is 2.43 bits per heavy atom. The van der Waals surface area contributed by atoms with Gasteiger partial charge in [-0.2, -0.15) is 0 Å². The Morgan fingerprint density at radius 1 is 1.20 bits per heavy atom. The average Bonchev–Trinajstić information content (AvgIpc) is 2.76. The molecule has 0 fully saturated rings. The number of carbonyl (C=O) groups is 3. The fourth-order valence-corrected chi connectivity index (χ4v) is 4.55. The molecule has 3 atom stereocenters. The number of nitrogens with zero attached hydrogens (tertiary/aromatic N) is 1. The van der Waals surface area contributed by atoms with Gasteiger partial charge in [-0.1, -0.05) is 52.3 Å². The number of benzene rings is 1. The van der Waals surface area contributed by atoms with Crippen molar-refractivity contribution in [1.29, 1.82) is 0 Å². The quantitative estimate of drug-likeness (QED) is 0.422. The number of alkyl carbamates (subject to hydrolysis) is 1. The Labute approximate surface area is 209 Å². The number of hydrogen-bond donors (Lipinski definition) is 2. The van der Waals surface area contributed by atoms with Crippen molar-refractivity contribution < 1.29 is 29.0 Å². The Kier molecular flexibility index (Phi) is 9.72. The molecule has 0 saturated carbocycles. The third-order valence-corrected chi connectivity index (χ3v) is 6.09. The highest BCUT2D eigenvalue weighted by Gasteiger charge is 2.54. The van der Waals surface area contributed by atoms with E-state index in [9.17, 15) is 19.5 Å². The molecular formula is C27H42N2O6. The maximum Gasteiger partial charge on any atom is 0.407 e. The maximum atomic E-state index is 13.8. The fourth-order valence-electron chi connectivity index (χ4n) is 4.55. The number of nitrogens with one attached hydrogen (secondary N) is 1. The molecule has 1 aliphatic heterocycles. The second-order valence-corrected chi connectivity index (χ2v) is 10.9. The predicted molar refractivity (Wildman–Crippen MR) is 134 cm³/mol. The molecule has 196 valence electrons. The third kappa shape index (κ3) is 7.19. The summed E-state index contributed by atoms with van der Waals surface area (Å²) in [6, 6.07) is 7.32. The molecular weight excluding hydrogens is 448 g/mol. The van der Waals surface area contributed by atoms with Gasteiger partial charge in [0.05, 0.1) is 11.5 Å². The van der Waals surface area contributed by atoms with Gasteiger partial charge in [0.1, 0.15) is 11.7 Å². The van der Waals surface area contributed by atoms with Crippen molar-refractivity contribution in [3.8, 4) is 0 Å². The van der Waals surface area contributed by atoms with Gasteiger partial charge in [-0.15, -0.1) is 0 Å². The van der Waals surface area contributed by atoms with Crippen molar-refractivity contribution >= 4 is 18.0 Å². The summed E-state index contributed by atoms with van der Waals surface area (Å²) in [6.07, 6.45) is 0.627. The lowest BCUT2D eigenvalue weighted by Gasteiger charge is -2.53. The Bertz CT molecular complexity index is 894. The van der Waals surface area contributed by atoms with Crippen LogP contribution in [-0.4, -0.2) is 58.8 Å². The van der Waals surface area contributed by atoms with Crippen LogP contribution in [0.1, 0.15) is 89.8 Å². The first-order valence-electron chi connectivity index (χ1n) is 12.5. The van der Waals surface area contributed by atoms with Crippen LogP contribution in [0.25, 0.3) is 0 Å². The van der Waals surface area contributed by atoms with E-state index in [1.165, 1.54) is 0 Å². The first-order valence-corrected chi connectivity index (χ1v) is 12.5. The third-order valence-electron chi connectivity index (χ3n) is 6.09. The smallest absolute Gasteiger partial charge is 0.407 e. The van der Waals surface area contributed by atoms with Gasteiger partial charge in [-0.05, 0) is 51.2 Å². The minimum Gasteiger partial charge on any atom is -0.481 e. The highest BCUT2D eigenvalue weighted by atomic mass is 16.6. The summed E-state index contributed by atoms with van der Waals surface area (Å²) in [5, 5.41) is 12.7. The van der Waals surface area contributed by atoms with E-state index in [1.807, 2.05) is 32.0 Å². The van der Waals surface area contributed by atoms with Crippen LogP contribution in [0, 0.1) is 11.8 Å². The first-order chi connectivity index (χ1) is 16.3. The van der Waals surface area contributed by atoms with E-state index in [0.29, 0.717) is 18.7 Å². The SMILES string of the molecule is CCCCOC1c2ccccc2C(=O)N(CC(C)C)C1(CNC(=O)OC(C)(C)C)CC(C)C(=O)O. The molecule has 8 heteroatoms. The summed E-state index contributed by atoms with van der Waals surface area (Å²) < 4.78 is 11.9. The summed E-state index contributed by atoms with van der Waals surface area (Å²) in [6.45, 7) is 13.9. The van der Waals surface area contributed by atoms with E-state index < -0.39 is 35.2 Å². The molecule has 1 aromatic carbocycles. The molecule has 0 aliphatic carbocycles. The molecule has 0 spiro atoms. The van der Waals surface area contributed by atoms with Crippen molar-refractivity contribution in [3.05, 3.63) is 35.4 Å². The van der Waals surface area contributed by atoms with E-state index in [0.717, 1.165) is 18.4 Å². The molecule has 0 radical (unpaired) electrons. The molecule has 0 aromatic heterocycles. The molecule has 1 aliphatic rings. The fraction of sp³-hybridized carbons (Fsp3) is 0.667. The van der Waals surface area contributed by atoms with E-state index in [2.05, 4.69) is 12.2 Å². The van der Waals surface area contributed by atoms with Crippen LogP contribution in [-0.2, 0) is 14.3 Å². The standard InChI is InChI=1S/C27H42N2O6/c1-8-9-14-34-22-20-12-10-11-13-21(20)23(30)29(16-18(2)3)27(22,15-19(4)24(31)32)17-28-25(33)35-26(5,6)7/h10-13,18-19,22H,8-9,14-17H2,1-7H3,(H,28,33)(H,31,32). The Balaban J connectivity index is 2.66. The molecule has 35 heavy (non-hydrogen) atoms. The zero-order valence-electron chi connectivity index (χ0n) is 22.2. The lowest BCUT2D eigenvalue weighted by Crippen LogP contribution is -2.65. The number of amides is 2. The van der Waals surface area contributed by atoms with Crippen LogP contribution >= 0.6 is 0 Å². The molecule has 2 N–H and O–H groups in total. The van der Waals surface area contributed by atoms with Gasteiger partial charge in [0, 0.05) is 25.3 Å². The second-order valence-electron chi connectivity index (χ2n) is 10.9. The van der Waals surface area contributed by atoms with Crippen LogP contribution in [0.5, 0.6) is 0 Å². The highest BCUT2D eigenvalue weighted by Crippen LogP contribution is 2.45. The Hall–Kier alpha value is -2.61. The number of carbonyl (C=O) groups excluding carboxylic acids is 2. The molecule has 8 nitrogen and oxygen atoms in total. The average molecular weight is 491 g/mol. The van der Waals surface area contributed by atoms with Gasteiger partial charge in [0.25, 0.3) is 5.91 Å². The first kappa shape index (κ1) is 28.6. The summed E-state index contributed by atoms with van der Waals surface area (Å²) in [5.41, 5.74) is -0.546. The summed E-state index contributed by atoms with van der Waals surface area (Å²) in [4.78, 5) is 40.3. The number of unbranched alkanes of at least 4 members (excludes halogenated alkanes) is 1. The van der Waals surface area contributed by atoms with Crippen molar-refractivity contribution in [3.63, 3.8) is 0 Å². The molecule has 1 aromatic rings. The van der Waals surface area contributed by atoms with E-state index in [4.69, 9.17) is 9.47 Å². The van der Waals surface area contributed by atoms with Crippen LogP contribution in [0.15, 0.2) is 24.3 Å². The van der Waals surface area contributed by atoms with E-state index in [1.54, 1.807) is 38.7 Å². The predicted octanol–water partition coefficient (Wildman–Crippen LogP) is 5.03. The lowest BCUT2D eigenvalue weighted by molar-refractivity contribution is -0.144.